The fourth-order valence-electron chi connectivity index (χ4n) is 3.08. The van der Waals surface area contributed by atoms with Crippen LogP contribution >= 0.6 is 11.3 Å². The molecule has 0 bridgehead atoms. The second-order valence-electron chi connectivity index (χ2n) is 6.36. The van der Waals surface area contributed by atoms with Crippen molar-refractivity contribution in [3.63, 3.8) is 0 Å². The van der Waals surface area contributed by atoms with Crippen LogP contribution in [-0.2, 0) is 0 Å². The van der Waals surface area contributed by atoms with Gasteiger partial charge in [0.25, 0.3) is 0 Å². The van der Waals surface area contributed by atoms with Crippen molar-refractivity contribution in [1.82, 2.24) is 9.97 Å². The van der Waals surface area contributed by atoms with Crippen molar-refractivity contribution in [3.8, 4) is 11.1 Å². The fraction of sp³-hybridized carbons (Fsp3) is 0.400. The summed E-state index contributed by atoms with van der Waals surface area (Å²) in [5.74, 6) is 0.965. The Morgan fingerprint density at radius 2 is 1.92 bits per heavy atom. The lowest BCUT2D eigenvalue weighted by Crippen LogP contribution is -2.04. The molecule has 3 rings (SSSR count). The number of unbranched alkanes of at least 4 members (excludes halogenated alkanes) is 3. The molecule has 0 saturated heterocycles. The van der Waals surface area contributed by atoms with Crippen molar-refractivity contribution in [1.29, 1.82) is 0 Å². The van der Waals surface area contributed by atoms with E-state index in [0.717, 1.165) is 22.6 Å². The molecule has 2 aromatic heterocycles. The van der Waals surface area contributed by atoms with Crippen LogP contribution in [-0.4, -0.2) is 16.5 Å². The van der Waals surface area contributed by atoms with E-state index in [0.29, 0.717) is 0 Å². The molecule has 4 heteroatoms. The second kappa shape index (κ2) is 7.75. The van der Waals surface area contributed by atoms with Gasteiger partial charge in [0, 0.05) is 17.5 Å². The van der Waals surface area contributed by atoms with E-state index < -0.39 is 0 Å². The van der Waals surface area contributed by atoms with E-state index in [9.17, 15) is 0 Å². The number of nitrogens with zero attached hydrogens (tertiary/aromatic N) is 2. The maximum atomic E-state index is 4.51. The normalized spacial score (nSPS) is 11.1. The number of anilines is 1. The summed E-state index contributed by atoms with van der Waals surface area (Å²) in [5, 5.41) is 6.89. The first kappa shape index (κ1) is 16.9. The first-order chi connectivity index (χ1) is 11.7. The molecule has 0 aliphatic rings. The van der Waals surface area contributed by atoms with Crippen molar-refractivity contribution in [2.75, 3.05) is 11.9 Å². The summed E-state index contributed by atoms with van der Waals surface area (Å²) < 4.78 is 0. The van der Waals surface area contributed by atoms with Crippen LogP contribution in [0.3, 0.4) is 0 Å². The van der Waals surface area contributed by atoms with Crippen LogP contribution in [0.25, 0.3) is 21.3 Å². The smallest absolute Gasteiger partial charge is 0.138 e. The molecule has 0 aliphatic carbocycles. The predicted molar refractivity (Wildman–Crippen MR) is 105 cm³/mol. The maximum Gasteiger partial charge on any atom is 0.138 e. The molecule has 0 aliphatic heterocycles. The van der Waals surface area contributed by atoms with Gasteiger partial charge in [-0.3, -0.25) is 0 Å². The van der Waals surface area contributed by atoms with E-state index in [1.807, 2.05) is 0 Å². The Labute approximate surface area is 148 Å². The third-order valence-electron chi connectivity index (χ3n) is 4.37. The number of hydrogen-bond donors (Lipinski definition) is 1. The summed E-state index contributed by atoms with van der Waals surface area (Å²) in [6.07, 6.45) is 6.68. The minimum absolute atomic E-state index is 0.965. The highest BCUT2D eigenvalue weighted by atomic mass is 32.1. The van der Waals surface area contributed by atoms with Crippen LogP contribution in [0.15, 0.2) is 29.9 Å². The molecule has 0 amide bonds. The minimum Gasteiger partial charge on any atom is -0.369 e. The Morgan fingerprint density at radius 3 is 2.71 bits per heavy atom. The minimum atomic E-state index is 0.965. The van der Waals surface area contributed by atoms with E-state index in [2.05, 4.69) is 59.6 Å². The van der Waals surface area contributed by atoms with Gasteiger partial charge in [-0.15, -0.1) is 11.3 Å². The highest BCUT2D eigenvalue weighted by molar-refractivity contribution is 7.17. The number of aryl methyl sites for hydroxylation is 2. The van der Waals surface area contributed by atoms with Crippen LogP contribution in [0.4, 0.5) is 5.82 Å². The number of hydrogen-bond acceptors (Lipinski definition) is 4. The van der Waals surface area contributed by atoms with Gasteiger partial charge in [0.15, 0.2) is 0 Å². The molecule has 0 unspecified atom stereocenters. The zero-order valence-corrected chi connectivity index (χ0v) is 15.5. The number of aromatic nitrogens is 2. The highest BCUT2D eigenvalue weighted by Crippen LogP contribution is 2.38. The van der Waals surface area contributed by atoms with Gasteiger partial charge in [0.2, 0.25) is 0 Å². The molecular weight excluding hydrogens is 314 g/mol. The lowest BCUT2D eigenvalue weighted by molar-refractivity contribution is 0.684. The molecule has 0 atom stereocenters. The number of fused-ring (bicyclic) bond motifs is 1. The number of benzene rings is 1. The third kappa shape index (κ3) is 3.59. The van der Waals surface area contributed by atoms with E-state index in [4.69, 9.17) is 0 Å². The van der Waals surface area contributed by atoms with Gasteiger partial charge in [0.05, 0.1) is 5.39 Å². The SMILES string of the molecule is CCCCCCNc1ncnc2scc(-c3ccc(C)cc3C)c12. The Balaban J connectivity index is 1.92. The van der Waals surface area contributed by atoms with Gasteiger partial charge in [0.1, 0.15) is 17.0 Å². The quantitative estimate of drug-likeness (QED) is 0.539. The van der Waals surface area contributed by atoms with Crippen molar-refractivity contribution < 1.29 is 0 Å². The van der Waals surface area contributed by atoms with E-state index in [1.54, 1.807) is 17.7 Å². The highest BCUT2D eigenvalue weighted by Gasteiger charge is 2.14. The number of nitrogens with one attached hydrogen (secondary N) is 1. The Morgan fingerprint density at radius 1 is 1.04 bits per heavy atom. The van der Waals surface area contributed by atoms with Crippen LogP contribution in [0.5, 0.6) is 0 Å². The molecule has 1 N–H and O–H groups in total. The molecule has 0 radical (unpaired) electrons. The predicted octanol–water partition coefficient (Wildman–Crippen LogP) is 5.97. The molecule has 0 spiro atoms. The summed E-state index contributed by atoms with van der Waals surface area (Å²) in [5.41, 5.74) is 5.11. The largest absolute Gasteiger partial charge is 0.369 e. The monoisotopic (exact) mass is 339 g/mol. The van der Waals surface area contributed by atoms with Crippen molar-refractivity contribution in [2.45, 2.75) is 46.5 Å². The Kier molecular flexibility index (Phi) is 5.46. The molecule has 0 fully saturated rings. The molecule has 24 heavy (non-hydrogen) atoms. The molecule has 1 aromatic carbocycles. The average Bonchev–Trinajstić information content (AvgIpc) is 2.99. The lowest BCUT2D eigenvalue weighted by atomic mass is 9.99. The van der Waals surface area contributed by atoms with Crippen LogP contribution < -0.4 is 5.32 Å². The molecular formula is C20H25N3S. The average molecular weight is 340 g/mol. The summed E-state index contributed by atoms with van der Waals surface area (Å²) in [6, 6.07) is 6.62. The van der Waals surface area contributed by atoms with E-state index >= 15 is 0 Å². The third-order valence-corrected chi connectivity index (χ3v) is 5.25. The standard InChI is InChI=1S/C20H25N3S/c1-4-5-6-7-10-21-19-18-17(12-24-20(18)23-13-22-19)16-9-8-14(2)11-15(16)3/h8-9,11-13H,4-7,10H2,1-3H3,(H,21,22,23). The number of rotatable bonds is 7. The van der Waals surface area contributed by atoms with Gasteiger partial charge in [-0.05, 0) is 31.4 Å². The molecule has 3 nitrogen and oxygen atoms in total. The van der Waals surface area contributed by atoms with Gasteiger partial charge in [-0.2, -0.15) is 0 Å². The van der Waals surface area contributed by atoms with Crippen molar-refractivity contribution >= 4 is 27.4 Å². The van der Waals surface area contributed by atoms with E-state index in [-0.39, 0.29) is 0 Å². The van der Waals surface area contributed by atoms with E-state index in [1.165, 1.54) is 47.9 Å². The van der Waals surface area contributed by atoms with Gasteiger partial charge in [-0.25, -0.2) is 9.97 Å². The topological polar surface area (TPSA) is 37.8 Å². The summed E-state index contributed by atoms with van der Waals surface area (Å²) >= 11 is 1.69. The summed E-state index contributed by atoms with van der Waals surface area (Å²) in [6.45, 7) is 7.51. The molecule has 126 valence electrons. The summed E-state index contributed by atoms with van der Waals surface area (Å²) in [4.78, 5) is 10.0. The first-order valence-corrected chi connectivity index (χ1v) is 9.62. The zero-order chi connectivity index (χ0) is 16.9. The van der Waals surface area contributed by atoms with Crippen LogP contribution in [0, 0.1) is 13.8 Å². The lowest BCUT2D eigenvalue weighted by Gasteiger charge is -2.10. The van der Waals surface area contributed by atoms with Crippen molar-refractivity contribution in [2.24, 2.45) is 0 Å². The second-order valence-corrected chi connectivity index (χ2v) is 7.22. The van der Waals surface area contributed by atoms with Crippen LogP contribution in [0.2, 0.25) is 0 Å². The maximum absolute atomic E-state index is 4.51. The molecule has 2 heterocycles. The fourth-order valence-corrected chi connectivity index (χ4v) is 3.99. The molecule has 3 aromatic rings. The molecule has 0 saturated carbocycles. The van der Waals surface area contributed by atoms with Gasteiger partial charge < -0.3 is 5.32 Å². The number of thiophene rings is 1. The van der Waals surface area contributed by atoms with Gasteiger partial charge in [-0.1, -0.05) is 49.9 Å². The van der Waals surface area contributed by atoms with Crippen molar-refractivity contribution in [3.05, 3.63) is 41.0 Å². The van der Waals surface area contributed by atoms with Gasteiger partial charge >= 0.3 is 0 Å². The summed E-state index contributed by atoms with van der Waals surface area (Å²) in [7, 11) is 0. The zero-order valence-electron chi connectivity index (χ0n) is 14.7. The Bertz CT molecular complexity index is 823. The Hall–Kier alpha value is -1.94. The van der Waals surface area contributed by atoms with Crippen LogP contribution in [0.1, 0.15) is 43.7 Å². The first-order valence-electron chi connectivity index (χ1n) is 8.74.